The fraction of sp³-hybridized carbons (Fsp3) is 0.429. The Kier molecular flexibility index (Phi) is 3.96. The molecule has 1 heterocycles. The highest BCUT2D eigenvalue weighted by atomic mass is 79.9. The summed E-state index contributed by atoms with van der Waals surface area (Å²) in [6, 6.07) is 3.03. The van der Waals surface area contributed by atoms with E-state index in [0.29, 0.717) is 16.1 Å². The molecule has 1 saturated heterocycles. The minimum atomic E-state index is -1.01. The van der Waals surface area contributed by atoms with Crippen molar-refractivity contribution in [2.24, 2.45) is 5.92 Å². The summed E-state index contributed by atoms with van der Waals surface area (Å²) in [4.78, 5) is 25.5. The molecule has 1 aromatic carbocycles. The fourth-order valence-electron chi connectivity index (χ4n) is 2.52. The summed E-state index contributed by atoms with van der Waals surface area (Å²) >= 11 is 4.75. The van der Waals surface area contributed by atoms with E-state index in [-0.39, 0.29) is 10.9 Å². The number of halogens is 2. The molecule has 21 heavy (non-hydrogen) atoms. The Bertz CT molecular complexity index is 608. The summed E-state index contributed by atoms with van der Waals surface area (Å²) in [5, 5.41) is 9.21. The van der Waals surface area contributed by atoms with Crippen molar-refractivity contribution in [2.75, 3.05) is 5.75 Å². The van der Waals surface area contributed by atoms with Gasteiger partial charge in [0.05, 0.1) is 10.9 Å². The molecule has 1 saturated carbocycles. The number of nitrogens with zero attached hydrogens (tertiary/aromatic N) is 1. The van der Waals surface area contributed by atoms with Crippen LogP contribution in [0.2, 0.25) is 0 Å². The Hall–Kier alpha value is -1.08. The molecule has 1 aliphatic carbocycles. The lowest BCUT2D eigenvalue weighted by Crippen LogP contribution is -2.46. The second kappa shape index (κ2) is 5.61. The van der Waals surface area contributed by atoms with Gasteiger partial charge < -0.3 is 10.0 Å². The van der Waals surface area contributed by atoms with Crippen molar-refractivity contribution in [3.8, 4) is 0 Å². The molecular formula is C14H13BrFNO3S. The molecule has 112 valence electrons. The van der Waals surface area contributed by atoms with E-state index < -0.39 is 23.7 Å². The molecule has 1 aromatic rings. The zero-order valence-electron chi connectivity index (χ0n) is 11.0. The van der Waals surface area contributed by atoms with E-state index >= 15 is 0 Å². The maximum absolute atomic E-state index is 13.4. The molecule has 7 heteroatoms. The fourth-order valence-corrected chi connectivity index (χ4v) is 4.57. The van der Waals surface area contributed by atoms with E-state index in [2.05, 4.69) is 15.9 Å². The molecule has 1 aliphatic heterocycles. The summed E-state index contributed by atoms with van der Waals surface area (Å²) in [7, 11) is 0. The molecule has 2 aliphatic rings. The van der Waals surface area contributed by atoms with Crippen molar-refractivity contribution in [3.05, 3.63) is 34.1 Å². The molecule has 3 rings (SSSR count). The quantitative estimate of drug-likeness (QED) is 0.884. The van der Waals surface area contributed by atoms with Crippen LogP contribution in [0, 0.1) is 11.7 Å². The SMILES string of the molecule is O=C(O)C1CSC(C2CC2)N1C(=O)c1cc(F)ccc1Br. The third-order valence-corrected chi connectivity index (χ3v) is 5.89. The number of carboxylic acid groups (broad SMARTS) is 1. The van der Waals surface area contributed by atoms with Gasteiger partial charge in [-0.05, 0) is 52.9 Å². The summed E-state index contributed by atoms with van der Waals surface area (Å²) in [5.74, 6) is -1.20. The smallest absolute Gasteiger partial charge is 0.327 e. The van der Waals surface area contributed by atoms with Gasteiger partial charge in [-0.2, -0.15) is 0 Å². The number of aliphatic carboxylic acids is 1. The lowest BCUT2D eigenvalue weighted by atomic mass is 10.1. The predicted molar refractivity (Wildman–Crippen MR) is 80.7 cm³/mol. The Morgan fingerprint density at radius 2 is 2.10 bits per heavy atom. The molecule has 2 fully saturated rings. The van der Waals surface area contributed by atoms with Crippen LogP contribution in [0.4, 0.5) is 4.39 Å². The van der Waals surface area contributed by atoms with Gasteiger partial charge in [0.25, 0.3) is 5.91 Å². The van der Waals surface area contributed by atoms with Crippen LogP contribution in [0.3, 0.4) is 0 Å². The number of thioether (sulfide) groups is 1. The zero-order chi connectivity index (χ0) is 15.1. The predicted octanol–water partition coefficient (Wildman–Crippen LogP) is 2.97. The van der Waals surface area contributed by atoms with Gasteiger partial charge in [-0.25, -0.2) is 9.18 Å². The topological polar surface area (TPSA) is 57.6 Å². The normalized spacial score (nSPS) is 25.1. The van der Waals surface area contributed by atoms with Crippen molar-refractivity contribution >= 4 is 39.6 Å². The molecule has 2 atom stereocenters. The molecule has 0 bridgehead atoms. The van der Waals surface area contributed by atoms with Gasteiger partial charge in [0.15, 0.2) is 0 Å². The van der Waals surface area contributed by atoms with Crippen LogP contribution in [-0.2, 0) is 4.79 Å². The lowest BCUT2D eigenvalue weighted by Gasteiger charge is -2.27. The van der Waals surface area contributed by atoms with Crippen LogP contribution in [0.5, 0.6) is 0 Å². The number of carboxylic acids is 1. The van der Waals surface area contributed by atoms with Crippen LogP contribution >= 0.6 is 27.7 Å². The second-order valence-electron chi connectivity index (χ2n) is 5.25. The standard InChI is InChI=1S/C14H13BrFNO3S/c15-10-4-3-8(16)5-9(10)12(18)17-11(14(19)20)6-21-13(17)7-1-2-7/h3-5,7,11,13H,1-2,6H2,(H,19,20). The third-order valence-electron chi connectivity index (χ3n) is 3.74. The van der Waals surface area contributed by atoms with Crippen molar-refractivity contribution in [2.45, 2.75) is 24.3 Å². The van der Waals surface area contributed by atoms with E-state index in [0.717, 1.165) is 18.9 Å². The van der Waals surface area contributed by atoms with E-state index in [1.54, 1.807) is 0 Å². The Balaban J connectivity index is 1.95. The van der Waals surface area contributed by atoms with Gasteiger partial charge in [-0.1, -0.05) is 0 Å². The van der Waals surface area contributed by atoms with Crippen LogP contribution in [0.1, 0.15) is 23.2 Å². The highest BCUT2D eigenvalue weighted by Crippen LogP contribution is 2.46. The zero-order valence-corrected chi connectivity index (χ0v) is 13.4. The van der Waals surface area contributed by atoms with Crippen LogP contribution in [0.15, 0.2) is 22.7 Å². The van der Waals surface area contributed by atoms with Gasteiger partial charge in [-0.15, -0.1) is 11.8 Å². The summed E-state index contributed by atoms with van der Waals surface area (Å²) in [5.41, 5.74) is 0.175. The van der Waals surface area contributed by atoms with Crippen molar-refractivity contribution < 1.29 is 19.1 Å². The molecule has 0 spiro atoms. The van der Waals surface area contributed by atoms with Gasteiger partial charge >= 0.3 is 5.97 Å². The van der Waals surface area contributed by atoms with Crippen molar-refractivity contribution in [1.29, 1.82) is 0 Å². The highest BCUT2D eigenvalue weighted by molar-refractivity contribution is 9.10. The monoisotopic (exact) mass is 373 g/mol. The molecule has 2 unspecified atom stereocenters. The van der Waals surface area contributed by atoms with Crippen LogP contribution < -0.4 is 0 Å². The van der Waals surface area contributed by atoms with E-state index in [1.807, 2.05) is 0 Å². The van der Waals surface area contributed by atoms with Crippen LogP contribution in [-0.4, -0.2) is 39.1 Å². The number of hydrogen-bond acceptors (Lipinski definition) is 3. The average Bonchev–Trinajstić information content (AvgIpc) is 3.19. The lowest BCUT2D eigenvalue weighted by molar-refractivity contribution is -0.141. The van der Waals surface area contributed by atoms with Gasteiger partial charge in [-0.3, -0.25) is 4.79 Å². The molecular weight excluding hydrogens is 361 g/mol. The van der Waals surface area contributed by atoms with Gasteiger partial charge in [0.1, 0.15) is 11.9 Å². The van der Waals surface area contributed by atoms with Gasteiger partial charge in [0, 0.05) is 10.2 Å². The first-order valence-electron chi connectivity index (χ1n) is 6.61. The Morgan fingerprint density at radius 3 is 2.71 bits per heavy atom. The first-order valence-corrected chi connectivity index (χ1v) is 8.45. The number of carbonyl (C=O) groups excluding carboxylic acids is 1. The second-order valence-corrected chi connectivity index (χ2v) is 7.26. The maximum atomic E-state index is 13.4. The number of rotatable bonds is 3. The molecule has 0 radical (unpaired) electrons. The number of benzene rings is 1. The molecule has 1 amide bonds. The highest BCUT2D eigenvalue weighted by Gasteiger charge is 2.48. The molecule has 4 nitrogen and oxygen atoms in total. The van der Waals surface area contributed by atoms with E-state index in [4.69, 9.17) is 0 Å². The molecule has 1 N–H and O–H groups in total. The Labute approximate surface area is 133 Å². The van der Waals surface area contributed by atoms with E-state index in [9.17, 15) is 19.1 Å². The summed E-state index contributed by atoms with van der Waals surface area (Å²) in [6.45, 7) is 0. The summed E-state index contributed by atoms with van der Waals surface area (Å²) < 4.78 is 13.9. The van der Waals surface area contributed by atoms with Gasteiger partial charge in [0.2, 0.25) is 0 Å². The number of carbonyl (C=O) groups is 2. The van der Waals surface area contributed by atoms with Crippen molar-refractivity contribution in [1.82, 2.24) is 4.90 Å². The average molecular weight is 374 g/mol. The Morgan fingerprint density at radius 1 is 1.38 bits per heavy atom. The maximum Gasteiger partial charge on any atom is 0.327 e. The first kappa shape index (κ1) is 14.8. The van der Waals surface area contributed by atoms with Crippen molar-refractivity contribution in [3.63, 3.8) is 0 Å². The minimum Gasteiger partial charge on any atom is -0.480 e. The third kappa shape index (κ3) is 2.81. The first-order chi connectivity index (χ1) is 9.99. The minimum absolute atomic E-state index is 0.117. The number of hydrogen-bond donors (Lipinski definition) is 1. The number of amides is 1. The largest absolute Gasteiger partial charge is 0.480 e. The van der Waals surface area contributed by atoms with Crippen LogP contribution in [0.25, 0.3) is 0 Å². The molecule has 0 aromatic heterocycles. The summed E-state index contributed by atoms with van der Waals surface area (Å²) in [6.07, 6.45) is 2.02. The van der Waals surface area contributed by atoms with E-state index in [1.165, 1.54) is 28.8 Å².